The number of benzene rings is 1. The normalized spacial score (nSPS) is 27.0. The minimum atomic E-state index is -1.40. The van der Waals surface area contributed by atoms with Crippen molar-refractivity contribution in [3.63, 3.8) is 0 Å². The highest BCUT2D eigenvalue weighted by molar-refractivity contribution is 5.90. The predicted molar refractivity (Wildman–Crippen MR) is 169 cm³/mol. The molecule has 0 radical (unpaired) electrons. The number of likely N-dealkylation sites (tertiary alicyclic amines) is 1. The van der Waals surface area contributed by atoms with E-state index in [9.17, 15) is 29.4 Å². The molecule has 6 atom stereocenters. The average Bonchev–Trinajstić information content (AvgIpc) is 3.35. The summed E-state index contributed by atoms with van der Waals surface area (Å²) in [6.45, 7) is 8.82. The molecule has 1 aromatic rings. The van der Waals surface area contributed by atoms with E-state index in [0.29, 0.717) is 37.1 Å². The van der Waals surface area contributed by atoms with Crippen LogP contribution in [0.4, 0.5) is 4.79 Å². The molecule has 1 spiro atoms. The van der Waals surface area contributed by atoms with Crippen molar-refractivity contribution in [3.05, 3.63) is 40.7 Å². The van der Waals surface area contributed by atoms with Crippen molar-refractivity contribution in [2.45, 2.75) is 134 Å². The minimum absolute atomic E-state index is 0.187. The van der Waals surface area contributed by atoms with E-state index in [4.69, 9.17) is 18.9 Å². The molecule has 12 nitrogen and oxygen atoms in total. The van der Waals surface area contributed by atoms with Crippen LogP contribution in [0.1, 0.15) is 96.3 Å². The summed E-state index contributed by atoms with van der Waals surface area (Å²) in [5, 5.41) is 24.9. The molecule has 3 N–H and O–H groups in total. The molecule has 1 fully saturated rings. The van der Waals surface area contributed by atoms with Gasteiger partial charge in [0.05, 0.1) is 17.6 Å². The second-order valence-corrected chi connectivity index (χ2v) is 14.3. The van der Waals surface area contributed by atoms with Gasteiger partial charge in [-0.1, -0.05) is 31.9 Å². The summed E-state index contributed by atoms with van der Waals surface area (Å²) in [7, 11) is 1.99. The molecule has 1 saturated heterocycles. The molecule has 47 heavy (non-hydrogen) atoms. The van der Waals surface area contributed by atoms with Crippen molar-refractivity contribution in [2.24, 2.45) is 0 Å². The molecule has 1 unspecified atom stereocenters. The number of piperidine rings is 1. The number of hydrogen-bond acceptors (Lipinski definition) is 11. The Balaban J connectivity index is 1.33. The quantitative estimate of drug-likeness (QED) is 0.172. The smallest absolute Gasteiger partial charge is 0.408 e. The molecule has 1 aromatic carbocycles. The number of nitrogens with one attached hydrogen (secondary N) is 1. The van der Waals surface area contributed by atoms with Gasteiger partial charge in [0.1, 0.15) is 28.9 Å². The molecule has 12 heteroatoms. The van der Waals surface area contributed by atoms with Gasteiger partial charge in [0.15, 0.2) is 12.2 Å². The molecule has 1 amide bonds. The zero-order valence-electron chi connectivity index (χ0n) is 28.2. The number of alkyl carbamates (subject to hydrolysis) is 1. The van der Waals surface area contributed by atoms with Crippen LogP contribution in [0, 0.1) is 0 Å². The Hall–Kier alpha value is -3.48. The standard InChI is InChI=1S/C35H48N2O10/c1-7-8-9-10-23(39)18-24(36-32(42)47-33(3,4)5)31(41)44-20(2)30(40)45-25-13-14-35(43)26-17-21-11-12-22(19-38)28-27(21)34(35,29(25)46-28)15-16-37(26)6/h11-13,20,24,26,29,38,43H,7-10,14-19H2,1-6H3,(H,36,42)/t20-,24?,26+,29-,34-,35+/m0/s1. The highest BCUT2D eigenvalue weighted by Gasteiger charge is 2.72. The fraction of sp³-hybridized carbons (Fsp3) is 0.657. The van der Waals surface area contributed by atoms with Crippen LogP contribution in [-0.2, 0) is 47.0 Å². The highest BCUT2D eigenvalue weighted by atomic mass is 16.6. The zero-order chi connectivity index (χ0) is 34.3. The Bertz CT molecular complexity index is 1450. The van der Waals surface area contributed by atoms with Gasteiger partial charge in [-0.3, -0.25) is 4.79 Å². The van der Waals surface area contributed by atoms with Gasteiger partial charge in [-0.15, -0.1) is 0 Å². The number of unbranched alkanes of at least 4 members (excludes halogenated alkanes) is 2. The summed E-state index contributed by atoms with van der Waals surface area (Å²) in [5.41, 5.74) is -0.455. The molecule has 2 bridgehead atoms. The number of aliphatic hydroxyl groups is 2. The van der Waals surface area contributed by atoms with E-state index < -0.39 is 52.9 Å². The molecule has 4 aliphatic rings. The number of carbonyl (C=O) groups excluding carboxylic acids is 4. The first-order chi connectivity index (χ1) is 22.1. The van der Waals surface area contributed by atoms with Gasteiger partial charge in [0.2, 0.25) is 0 Å². The van der Waals surface area contributed by atoms with E-state index in [-0.39, 0.29) is 43.5 Å². The maximum absolute atomic E-state index is 13.4. The van der Waals surface area contributed by atoms with Crippen molar-refractivity contribution < 1.29 is 48.3 Å². The van der Waals surface area contributed by atoms with E-state index in [1.54, 1.807) is 26.8 Å². The van der Waals surface area contributed by atoms with Gasteiger partial charge in [-0.25, -0.2) is 14.4 Å². The number of ketones is 1. The number of aliphatic hydroxyl groups excluding tert-OH is 1. The van der Waals surface area contributed by atoms with Gasteiger partial charge >= 0.3 is 18.0 Å². The lowest BCUT2D eigenvalue weighted by atomic mass is 9.50. The Labute approximate surface area is 275 Å². The first kappa shape index (κ1) is 34.8. The number of rotatable bonds is 12. The Kier molecular flexibility index (Phi) is 9.79. The highest BCUT2D eigenvalue weighted by Crippen LogP contribution is 2.64. The molecule has 5 rings (SSSR count). The van der Waals surface area contributed by atoms with Gasteiger partial charge in [0, 0.05) is 36.4 Å². The Morgan fingerprint density at radius 1 is 1.17 bits per heavy atom. The Morgan fingerprint density at radius 3 is 2.60 bits per heavy atom. The van der Waals surface area contributed by atoms with E-state index in [0.717, 1.165) is 24.0 Å². The van der Waals surface area contributed by atoms with Gasteiger partial charge in [-0.2, -0.15) is 0 Å². The summed E-state index contributed by atoms with van der Waals surface area (Å²) in [6, 6.07) is 2.26. The predicted octanol–water partition coefficient (Wildman–Crippen LogP) is 3.36. The fourth-order valence-electron chi connectivity index (χ4n) is 7.68. The van der Waals surface area contributed by atoms with Crippen LogP contribution >= 0.6 is 0 Å². The largest absolute Gasteiger partial charge is 0.481 e. The number of esters is 2. The lowest BCUT2D eigenvalue weighted by molar-refractivity contribution is -0.176. The minimum Gasteiger partial charge on any atom is -0.481 e. The summed E-state index contributed by atoms with van der Waals surface area (Å²) in [5.74, 6) is -1.36. The second-order valence-electron chi connectivity index (χ2n) is 14.3. The van der Waals surface area contributed by atoms with E-state index in [1.807, 2.05) is 26.1 Å². The number of hydrogen-bond donors (Lipinski definition) is 3. The fourth-order valence-corrected chi connectivity index (χ4v) is 7.68. The third-order valence-corrected chi connectivity index (χ3v) is 9.94. The zero-order valence-corrected chi connectivity index (χ0v) is 28.2. The van der Waals surface area contributed by atoms with E-state index in [1.165, 1.54) is 6.92 Å². The number of nitrogens with zero attached hydrogens (tertiary/aromatic N) is 1. The van der Waals surface area contributed by atoms with Crippen molar-refractivity contribution in [1.29, 1.82) is 0 Å². The average molecular weight is 657 g/mol. The topological polar surface area (TPSA) is 161 Å². The van der Waals surface area contributed by atoms with Crippen LogP contribution in [0.15, 0.2) is 24.0 Å². The van der Waals surface area contributed by atoms with Gasteiger partial charge in [0.25, 0.3) is 0 Å². The lowest BCUT2D eigenvalue weighted by Gasteiger charge is -2.61. The number of carbonyl (C=O) groups is 4. The van der Waals surface area contributed by atoms with Crippen LogP contribution in [0.3, 0.4) is 0 Å². The number of likely N-dealkylation sites (N-methyl/N-ethyl adjacent to an activating group) is 1. The number of amides is 1. The van der Waals surface area contributed by atoms with E-state index >= 15 is 0 Å². The SMILES string of the molecule is CCCCCC(=O)CC(NC(=O)OC(C)(C)C)C(=O)O[C@@H](C)C(=O)OC1=CC[C@@]2(O)[C@H]3Cc4ccc(CO)c5c4[C@@]2(CCN3C)[C@H]1O5. The van der Waals surface area contributed by atoms with Crippen molar-refractivity contribution in [2.75, 3.05) is 13.6 Å². The lowest BCUT2D eigenvalue weighted by Crippen LogP contribution is -2.74. The molecule has 0 aromatic heterocycles. The maximum Gasteiger partial charge on any atom is 0.408 e. The van der Waals surface area contributed by atoms with Crippen LogP contribution in [-0.4, -0.2) is 88.0 Å². The second kappa shape index (κ2) is 13.2. The monoisotopic (exact) mass is 656 g/mol. The summed E-state index contributed by atoms with van der Waals surface area (Å²) in [4.78, 5) is 54.1. The third-order valence-electron chi connectivity index (χ3n) is 9.94. The van der Waals surface area contributed by atoms with Crippen molar-refractivity contribution >= 4 is 23.8 Å². The molecular formula is C35H48N2O10. The Morgan fingerprint density at radius 2 is 1.91 bits per heavy atom. The first-order valence-electron chi connectivity index (χ1n) is 16.6. The van der Waals surface area contributed by atoms with Crippen LogP contribution in [0.5, 0.6) is 5.75 Å². The van der Waals surface area contributed by atoms with Gasteiger partial charge in [-0.05, 0) is 72.2 Å². The number of Topliss-reactive ketones (excluding diaryl/α,β-unsaturated/α-hetero) is 1. The summed E-state index contributed by atoms with van der Waals surface area (Å²) in [6.07, 6.45) is 2.27. The molecule has 258 valence electrons. The van der Waals surface area contributed by atoms with Crippen LogP contribution in [0.25, 0.3) is 0 Å². The molecule has 2 aliphatic carbocycles. The summed E-state index contributed by atoms with van der Waals surface area (Å²) < 4.78 is 23.1. The number of ether oxygens (including phenoxy) is 4. The van der Waals surface area contributed by atoms with Crippen LogP contribution in [0.2, 0.25) is 0 Å². The van der Waals surface area contributed by atoms with Gasteiger partial charge < -0.3 is 39.4 Å². The maximum atomic E-state index is 13.4. The molecular weight excluding hydrogens is 608 g/mol. The van der Waals surface area contributed by atoms with Crippen LogP contribution < -0.4 is 10.1 Å². The molecule has 2 aliphatic heterocycles. The first-order valence-corrected chi connectivity index (χ1v) is 16.6. The summed E-state index contributed by atoms with van der Waals surface area (Å²) >= 11 is 0. The molecule has 2 heterocycles. The van der Waals surface area contributed by atoms with Crippen molar-refractivity contribution in [1.82, 2.24) is 10.2 Å². The van der Waals surface area contributed by atoms with E-state index in [2.05, 4.69) is 10.2 Å². The third kappa shape index (κ3) is 6.39. The van der Waals surface area contributed by atoms with Crippen molar-refractivity contribution in [3.8, 4) is 5.75 Å². The molecule has 0 saturated carbocycles.